The van der Waals surface area contributed by atoms with Crippen LogP contribution in [-0.4, -0.2) is 27.6 Å². The van der Waals surface area contributed by atoms with Crippen molar-refractivity contribution in [1.29, 1.82) is 0 Å². The number of hydrogen-bond donors (Lipinski definition) is 2. The van der Waals surface area contributed by atoms with Crippen LogP contribution < -0.4 is 10.1 Å². The van der Waals surface area contributed by atoms with Gasteiger partial charge in [0.05, 0.1) is 12.4 Å². The number of carboxylic acid groups (broad SMARTS) is 1. The van der Waals surface area contributed by atoms with E-state index in [1.165, 1.54) is 6.20 Å². The van der Waals surface area contributed by atoms with Crippen LogP contribution in [0.4, 0.5) is 5.82 Å². The summed E-state index contributed by atoms with van der Waals surface area (Å²) in [6.45, 7) is 0.858. The molecule has 0 unspecified atom stereocenters. The van der Waals surface area contributed by atoms with E-state index < -0.39 is 5.97 Å². The summed E-state index contributed by atoms with van der Waals surface area (Å²) >= 11 is 5.91. The molecule has 22 heavy (non-hydrogen) atoms. The Hall–Kier alpha value is -2.34. The molecule has 1 aromatic carbocycles. The molecule has 116 valence electrons. The van der Waals surface area contributed by atoms with Crippen molar-refractivity contribution < 1.29 is 14.6 Å². The van der Waals surface area contributed by atoms with Crippen LogP contribution >= 0.6 is 11.6 Å². The molecule has 0 radical (unpaired) electrons. The van der Waals surface area contributed by atoms with Crippen molar-refractivity contribution in [2.75, 3.05) is 11.9 Å². The van der Waals surface area contributed by atoms with Crippen molar-refractivity contribution in [1.82, 2.24) is 9.97 Å². The summed E-state index contributed by atoms with van der Waals surface area (Å²) in [6.07, 6.45) is 3.72. The molecule has 0 aliphatic carbocycles. The molecule has 2 N–H and O–H groups in total. The zero-order chi connectivity index (χ0) is 15.8. The molecule has 0 saturated carbocycles. The number of aromatic nitrogens is 2. The number of carbonyl (C=O) groups is 1. The van der Waals surface area contributed by atoms with Gasteiger partial charge in [0, 0.05) is 18.0 Å². The third-order valence-electron chi connectivity index (χ3n) is 2.76. The maximum Gasteiger partial charge on any atom is 0.303 e. The molecule has 0 aliphatic rings. The summed E-state index contributed by atoms with van der Waals surface area (Å²) in [5.74, 6) is 0.128. The molecular formula is C15H16ClN3O3. The molecular weight excluding hydrogens is 306 g/mol. The number of aliphatic carboxylic acids is 1. The van der Waals surface area contributed by atoms with Gasteiger partial charge < -0.3 is 15.2 Å². The number of rotatable bonds is 8. The molecule has 1 heterocycles. The summed E-state index contributed by atoms with van der Waals surface area (Å²) in [7, 11) is 0. The van der Waals surface area contributed by atoms with E-state index in [4.69, 9.17) is 21.4 Å². The Bertz CT molecular complexity index is 637. The maximum absolute atomic E-state index is 10.4. The van der Waals surface area contributed by atoms with Gasteiger partial charge in [-0.2, -0.15) is 4.98 Å². The molecule has 0 saturated heterocycles. The van der Waals surface area contributed by atoms with Gasteiger partial charge in [0.1, 0.15) is 12.4 Å². The fourth-order valence-electron chi connectivity index (χ4n) is 1.74. The van der Waals surface area contributed by atoms with Gasteiger partial charge >= 0.3 is 5.97 Å². The maximum atomic E-state index is 10.4. The highest BCUT2D eigenvalue weighted by Gasteiger charge is 2.02. The molecule has 7 heteroatoms. The highest BCUT2D eigenvalue weighted by atomic mass is 35.5. The minimum absolute atomic E-state index is 0.116. The first-order valence-corrected chi connectivity index (χ1v) is 7.16. The molecule has 0 atom stereocenters. The van der Waals surface area contributed by atoms with Crippen LogP contribution in [0.25, 0.3) is 0 Å². The molecule has 6 nitrogen and oxygen atoms in total. The van der Waals surface area contributed by atoms with Gasteiger partial charge in [0.15, 0.2) is 0 Å². The predicted molar refractivity (Wildman–Crippen MR) is 83.2 cm³/mol. The molecule has 1 aromatic heterocycles. The lowest BCUT2D eigenvalue weighted by Crippen LogP contribution is -2.07. The van der Waals surface area contributed by atoms with Crippen molar-refractivity contribution in [3.8, 4) is 5.88 Å². The monoisotopic (exact) mass is 321 g/mol. The Kier molecular flexibility index (Phi) is 5.97. The topological polar surface area (TPSA) is 84.3 Å². The first-order chi connectivity index (χ1) is 10.6. The highest BCUT2D eigenvalue weighted by molar-refractivity contribution is 6.30. The lowest BCUT2D eigenvalue weighted by atomic mass is 10.2. The SMILES string of the molecule is O=C(O)CCCNc1cncc(OCc2cccc(Cl)c2)n1. The summed E-state index contributed by atoms with van der Waals surface area (Å²) < 4.78 is 5.57. The second-order valence-corrected chi connectivity index (χ2v) is 5.02. The Morgan fingerprint density at radius 1 is 1.36 bits per heavy atom. The molecule has 2 aromatic rings. The van der Waals surface area contributed by atoms with Crippen LogP contribution in [0, 0.1) is 0 Å². The summed E-state index contributed by atoms with van der Waals surface area (Å²) in [5.41, 5.74) is 0.939. The van der Waals surface area contributed by atoms with Crippen molar-refractivity contribution in [3.05, 3.63) is 47.2 Å². The van der Waals surface area contributed by atoms with Crippen LogP contribution in [0.5, 0.6) is 5.88 Å². The van der Waals surface area contributed by atoms with E-state index in [-0.39, 0.29) is 6.42 Å². The average Bonchev–Trinajstić information content (AvgIpc) is 2.50. The van der Waals surface area contributed by atoms with E-state index in [9.17, 15) is 4.79 Å². The van der Waals surface area contributed by atoms with Crippen molar-refractivity contribution in [3.63, 3.8) is 0 Å². The van der Waals surface area contributed by atoms with Crippen LogP contribution in [0.15, 0.2) is 36.7 Å². The van der Waals surface area contributed by atoms with Gasteiger partial charge in [0.2, 0.25) is 5.88 Å². The lowest BCUT2D eigenvalue weighted by Gasteiger charge is -2.08. The second kappa shape index (κ2) is 8.19. The Labute approximate surface area is 133 Å². The van der Waals surface area contributed by atoms with Gasteiger partial charge in [-0.3, -0.25) is 9.78 Å². The zero-order valence-electron chi connectivity index (χ0n) is 11.8. The number of halogens is 1. The van der Waals surface area contributed by atoms with E-state index in [0.29, 0.717) is 36.3 Å². The largest absolute Gasteiger partial charge is 0.481 e. The Balaban J connectivity index is 1.84. The quantitative estimate of drug-likeness (QED) is 0.727. The number of benzene rings is 1. The highest BCUT2D eigenvalue weighted by Crippen LogP contribution is 2.14. The number of anilines is 1. The average molecular weight is 322 g/mol. The van der Waals surface area contributed by atoms with E-state index in [1.54, 1.807) is 12.3 Å². The van der Waals surface area contributed by atoms with Gasteiger partial charge in [-0.05, 0) is 24.1 Å². The minimum Gasteiger partial charge on any atom is -0.481 e. The van der Waals surface area contributed by atoms with Crippen molar-refractivity contribution >= 4 is 23.4 Å². The normalized spacial score (nSPS) is 10.2. The fourth-order valence-corrected chi connectivity index (χ4v) is 1.96. The van der Waals surface area contributed by atoms with E-state index in [1.807, 2.05) is 18.2 Å². The van der Waals surface area contributed by atoms with Gasteiger partial charge in [-0.25, -0.2) is 0 Å². The van der Waals surface area contributed by atoms with Crippen LogP contribution in [-0.2, 0) is 11.4 Å². The number of carboxylic acids is 1. The van der Waals surface area contributed by atoms with Crippen molar-refractivity contribution in [2.24, 2.45) is 0 Å². The molecule has 0 spiro atoms. The number of ether oxygens (including phenoxy) is 1. The second-order valence-electron chi connectivity index (χ2n) is 4.59. The number of nitrogens with zero attached hydrogens (tertiary/aromatic N) is 2. The van der Waals surface area contributed by atoms with Crippen molar-refractivity contribution in [2.45, 2.75) is 19.4 Å². The number of hydrogen-bond acceptors (Lipinski definition) is 5. The molecule has 0 amide bonds. The molecule has 2 rings (SSSR count). The standard InChI is InChI=1S/C15H16ClN3O3/c16-12-4-1-3-11(7-12)10-22-14-9-17-8-13(19-14)18-6-2-5-15(20)21/h1,3-4,7-9H,2,5-6,10H2,(H,18,19)(H,20,21). The Morgan fingerprint density at radius 2 is 2.23 bits per heavy atom. The molecule has 0 aliphatic heterocycles. The first-order valence-electron chi connectivity index (χ1n) is 6.78. The third-order valence-corrected chi connectivity index (χ3v) is 3.00. The summed E-state index contributed by atoms with van der Waals surface area (Å²) in [5, 5.41) is 12.2. The van der Waals surface area contributed by atoms with E-state index in [2.05, 4.69) is 15.3 Å². The zero-order valence-corrected chi connectivity index (χ0v) is 12.6. The van der Waals surface area contributed by atoms with Crippen LogP contribution in [0.3, 0.4) is 0 Å². The smallest absolute Gasteiger partial charge is 0.303 e. The molecule has 0 fully saturated rings. The van der Waals surface area contributed by atoms with Crippen LogP contribution in [0.2, 0.25) is 5.02 Å². The van der Waals surface area contributed by atoms with Gasteiger partial charge in [0.25, 0.3) is 0 Å². The first kappa shape index (κ1) is 16.0. The van der Waals surface area contributed by atoms with Gasteiger partial charge in [-0.1, -0.05) is 23.7 Å². The summed E-state index contributed by atoms with van der Waals surface area (Å²) in [6, 6.07) is 7.38. The fraction of sp³-hybridized carbons (Fsp3) is 0.267. The number of nitrogens with one attached hydrogen (secondary N) is 1. The third kappa shape index (κ3) is 5.57. The van der Waals surface area contributed by atoms with E-state index in [0.717, 1.165) is 5.56 Å². The van der Waals surface area contributed by atoms with Gasteiger partial charge in [-0.15, -0.1) is 0 Å². The minimum atomic E-state index is -0.813. The predicted octanol–water partition coefficient (Wildman–Crippen LogP) is 2.99. The Morgan fingerprint density at radius 3 is 3.00 bits per heavy atom. The van der Waals surface area contributed by atoms with E-state index >= 15 is 0 Å². The molecule has 0 bridgehead atoms. The summed E-state index contributed by atoms with van der Waals surface area (Å²) in [4.78, 5) is 18.7. The van der Waals surface area contributed by atoms with Crippen LogP contribution in [0.1, 0.15) is 18.4 Å². The lowest BCUT2D eigenvalue weighted by molar-refractivity contribution is -0.137.